The molecule has 5 nitrogen and oxygen atoms in total. The highest BCUT2D eigenvalue weighted by Crippen LogP contribution is 2.10. The quantitative estimate of drug-likeness (QED) is 0.603. The van der Waals surface area contributed by atoms with Crippen LogP contribution in [0.5, 0.6) is 0 Å². The van der Waals surface area contributed by atoms with Gasteiger partial charge in [0, 0.05) is 19.2 Å². The van der Waals surface area contributed by atoms with E-state index in [4.69, 9.17) is 4.52 Å². The van der Waals surface area contributed by atoms with Crippen molar-refractivity contribution in [3.05, 3.63) is 52.9 Å². The van der Waals surface area contributed by atoms with E-state index < -0.39 is 11.6 Å². The van der Waals surface area contributed by atoms with E-state index in [0.29, 0.717) is 43.3 Å². The minimum absolute atomic E-state index is 0.334. The molecule has 7 heteroatoms. The SMILES string of the molecule is CCNC(=NCc1cc(CC)no1)NCCc1cc(F)ccc1F. The average Bonchev–Trinajstić information content (AvgIpc) is 3.04. The van der Waals surface area contributed by atoms with Crippen LogP contribution in [0, 0.1) is 11.6 Å². The van der Waals surface area contributed by atoms with Crippen molar-refractivity contribution in [1.29, 1.82) is 0 Å². The summed E-state index contributed by atoms with van der Waals surface area (Å²) in [5, 5.41) is 10.1. The number of hydrogen-bond acceptors (Lipinski definition) is 3. The van der Waals surface area contributed by atoms with E-state index in [2.05, 4.69) is 20.8 Å². The lowest BCUT2D eigenvalue weighted by atomic mass is 10.1. The van der Waals surface area contributed by atoms with Gasteiger partial charge < -0.3 is 15.2 Å². The summed E-state index contributed by atoms with van der Waals surface area (Å²) in [4.78, 5) is 4.40. The molecule has 0 atom stereocenters. The van der Waals surface area contributed by atoms with E-state index in [9.17, 15) is 8.78 Å². The lowest BCUT2D eigenvalue weighted by Gasteiger charge is -2.11. The summed E-state index contributed by atoms with van der Waals surface area (Å²) in [5.74, 6) is 0.418. The van der Waals surface area contributed by atoms with Crippen LogP contribution in [0.15, 0.2) is 33.8 Å². The van der Waals surface area contributed by atoms with Gasteiger partial charge in [0.25, 0.3) is 0 Å². The number of rotatable bonds is 7. The standard InChI is InChI=1S/C17H22F2N4O/c1-3-14-10-15(24-23-14)11-22-17(20-4-2)21-8-7-12-9-13(18)5-6-16(12)19/h5-6,9-10H,3-4,7-8,11H2,1-2H3,(H2,20,21,22). The monoisotopic (exact) mass is 336 g/mol. The van der Waals surface area contributed by atoms with Crippen LogP contribution >= 0.6 is 0 Å². The van der Waals surface area contributed by atoms with Gasteiger partial charge >= 0.3 is 0 Å². The number of benzene rings is 1. The topological polar surface area (TPSA) is 62.5 Å². The molecule has 24 heavy (non-hydrogen) atoms. The smallest absolute Gasteiger partial charge is 0.191 e. The molecule has 0 fully saturated rings. The third-order valence-electron chi connectivity index (χ3n) is 3.40. The van der Waals surface area contributed by atoms with E-state index in [0.717, 1.165) is 24.2 Å². The summed E-state index contributed by atoms with van der Waals surface area (Å²) in [6.45, 7) is 5.44. The molecule has 2 rings (SSSR count). The molecule has 0 amide bonds. The Morgan fingerprint density at radius 1 is 1.21 bits per heavy atom. The second-order valence-electron chi connectivity index (χ2n) is 5.25. The normalized spacial score (nSPS) is 11.6. The van der Waals surface area contributed by atoms with Crippen LogP contribution in [0.25, 0.3) is 0 Å². The van der Waals surface area contributed by atoms with Crippen molar-refractivity contribution in [1.82, 2.24) is 15.8 Å². The van der Waals surface area contributed by atoms with Crippen molar-refractivity contribution in [3.8, 4) is 0 Å². The van der Waals surface area contributed by atoms with Crippen molar-refractivity contribution in [2.24, 2.45) is 4.99 Å². The first-order valence-electron chi connectivity index (χ1n) is 8.03. The Morgan fingerprint density at radius 3 is 2.75 bits per heavy atom. The molecule has 0 saturated carbocycles. The Hall–Kier alpha value is -2.44. The lowest BCUT2D eigenvalue weighted by molar-refractivity contribution is 0.379. The van der Waals surface area contributed by atoms with Crippen molar-refractivity contribution in [2.75, 3.05) is 13.1 Å². The van der Waals surface area contributed by atoms with Crippen molar-refractivity contribution < 1.29 is 13.3 Å². The Kier molecular flexibility index (Phi) is 6.72. The van der Waals surface area contributed by atoms with Gasteiger partial charge in [-0.1, -0.05) is 12.1 Å². The molecule has 0 aliphatic rings. The van der Waals surface area contributed by atoms with Crippen LogP contribution in [0.4, 0.5) is 8.78 Å². The number of halogens is 2. The molecule has 0 saturated heterocycles. The number of aliphatic imine (C=N–C) groups is 1. The first-order chi connectivity index (χ1) is 11.6. The summed E-state index contributed by atoms with van der Waals surface area (Å²) in [5.41, 5.74) is 1.22. The number of aromatic nitrogens is 1. The molecule has 1 aromatic carbocycles. The van der Waals surface area contributed by atoms with Crippen LogP contribution < -0.4 is 10.6 Å². The Labute approximate surface area is 140 Å². The van der Waals surface area contributed by atoms with E-state index in [-0.39, 0.29) is 0 Å². The average molecular weight is 336 g/mol. The zero-order valence-electron chi connectivity index (χ0n) is 13.9. The van der Waals surface area contributed by atoms with Crippen molar-refractivity contribution >= 4 is 5.96 Å². The second kappa shape index (κ2) is 9.00. The zero-order valence-corrected chi connectivity index (χ0v) is 13.9. The van der Waals surface area contributed by atoms with E-state index >= 15 is 0 Å². The summed E-state index contributed by atoms with van der Waals surface area (Å²) < 4.78 is 31.9. The number of guanidine groups is 1. The van der Waals surface area contributed by atoms with Crippen LogP contribution in [0.2, 0.25) is 0 Å². The first kappa shape index (κ1) is 17.9. The van der Waals surface area contributed by atoms with E-state index in [1.54, 1.807) is 0 Å². The van der Waals surface area contributed by atoms with E-state index in [1.165, 1.54) is 6.07 Å². The maximum atomic E-state index is 13.6. The maximum Gasteiger partial charge on any atom is 0.191 e. The van der Waals surface area contributed by atoms with Gasteiger partial charge in [-0.25, -0.2) is 13.8 Å². The molecule has 0 unspecified atom stereocenters. The molecule has 0 aliphatic heterocycles. The summed E-state index contributed by atoms with van der Waals surface area (Å²) >= 11 is 0. The Bertz CT molecular complexity index is 685. The summed E-state index contributed by atoms with van der Waals surface area (Å²) in [6, 6.07) is 5.33. The van der Waals surface area contributed by atoms with Crippen LogP contribution in [-0.2, 0) is 19.4 Å². The predicted octanol–water partition coefficient (Wildman–Crippen LogP) is 2.81. The molecule has 2 aromatic rings. The van der Waals surface area contributed by atoms with Crippen LogP contribution in [-0.4, -0.2) is 24.2 Å². The number of hydrogen-bond donors (Lipinski definition) is 2. The van der Waals surface area contributed by atoms with Crippen molar-refractivity contribution in [3.63, 3.8) is 0 Å². The number of nitrogens with zero attached hydrogens (tertiary/aromatic N) is 2. The van der Waals surface area contributed by atoms with Gasteiger partial charge in [-0.05, 0) is 43.5 Å². The van der Waals surface area contributed by atoms with Gasteiger partial charge in [-0.15, -0.1) is 0 Å². The molecule has 1 aromatic heterocycles. The van der Waals surface area contributed by atoms with Gasteiger partial charge in [0.1, 0.15) is 18.2 Å². The van der Waals surface area contributed by atoms with Gasteiger partial charge in [0.15, 0.2) is 11.7 Å². The molecule has 0 bridgehead atoms. The molecule has 0 aliphatic carbocycles. The highest BCUT2D eigenvalue weighted by Gasteiger charge is 2.06. The number of nitrogens with one attached hydrogen (secondary N) is 2. The fourth-order valence-electron chi connectivity index (χ4n) is 2.15. The third kappa shape index (κ3) is 5.33. The second-order valence-corrected chi connectivity index (χ2v) is 5.25. The molecule has 1 heterocycles. The molecule has 0 radical (unpaired) electrons. The first-order valence-corrected chi connectivity index (χ1v) is 8.03. The predicted molar refractivity (Wildman–Crippen MR) is 88.8 cm³/mol. The van der Waals surface area contributed by atoms with Crippen molar-refractivity contribution in [2.45, 2.75) is 33.2 Å². The van der Waals surface area contributed by atoms with Crippen LogP contribution in [0.1, 0.15) is 30.9 Å². The minimum Gasteiger partial charge on any atom is -0.359 e. The number of aryl methyl sites for hydroxylation is 1. The van der Waals surface area contributed by atoms with E-state index in [1.807, 2.05) is 19.9 Å². The molecule has 2 N–H and O–H groups in total. The molecule has 130 valence electrons. The summed E-state index contributed by atoms with van der Waals surface area (Å²) in [7, 11) is 0. The van der Waals surface area contributed by atoms with Gasteiger partial charge in [-0.2, -0.15) is 0 Å². The van der Waals surface area contributed by atoms with Gasteiger partial charge in [0.2, 0.25) is 0 Å². The molecule has 0 spiro atoms. The Balaban J connectivity index is 1.90. The van der Waals surface area contributed by atoms with Gasteiger partial charge in [0.05, 0.1) is 5.69 Å². The fraction of sp³-hybridized carbons (Fsp3) is 0.412. The largest absolute Gasteiger partial charge is 0.359 e. The zero-order chi connectivity index (χ0) is 17.4. The highest BCUT2D eigenvalue weighted by molar-refractivity contribution is 5.79. The minimum atomic E-state index is -0.441. The lowest BCUT2D eigenvalue weighted by Crippen LogP contribution is -2.38. The highest BCUT2D eigenvalue weighted by atomic mass is 19.1. The third-order valence-corrected chi connectivity index (χ3v) is 3.40. The maximum absolute atomic E-state index is 13.6. The molecular formula is C17H22F2N4O. The van der Waals surface area contributed by atoms with Crippen LogP contribution in [0.3, 0.4) is 0 Å². The molecular weight excluding hydrogens is 314 g/mol. The summed E-state index contributed by atoms with van der Waals surface area (Å²) in [6.07, 6.45) is 1.17. The Morgan fingerprint density at radius 2 is 2.04 bits per heavy atom. The van der Waals surface area contributed by atoms with Gasteiger partial charge in [-0.3, -0.25) is 0 Å². The fourth-order valence-corrected chi connectivity index (χ4v) is 2.15.